The van der Waals surface area contributed by atoms with Crippen LogP contribution in [0.4, 0.5) is 17.6 Å². The van der Waals surface area contributed by atoms with Gasteiger partial charge in [-0.1, -0.05) is 12.1 Å². The molecule has 0 aliphatic carbocycles. The van der Waals surface area contributed by atoms with Crippen molar-refractivity contribution in [2.45, 2.75) is 12.7 Å². The van der Waals surface area contributed by atoms with Crippen LogP contribution < -0.4 is 16.0 Å². The number of carbonyl (C=O) groups excluding carboxylic acids is 1. The third-order valence-electron chi connectivity index (χ3n) is 3.75. The highest BCUT2D eigenvalue weighted by Crippen LogP contribution is 2.29. The lowest BCUT2D eigenvalue weighted by Gasteiger charge is -2.13. The van der Waals surface area contributed by atoms with Crippen molar-refractivity contribution >= 4 is 11.9 Å². The standard InChI is InChI=1S/C19H20F4N4O/c1-24-18(27-12-13-3-2-4-16(20)11-13)26-10-9-25-17(28)14-5-7-15(8-6-14)19(21,22)23/h2-8,11H,9-10,12H2,1H3,(H,25,28)(H2,24,26,27). The molecule has 0 fully saturated rings. The van der Waals surface area contributed by atoms with Crippen LogP contribution in [0, 0.1) is 5.82 Å². The van der Waals surface area contributed by atoms with Crippen molar-refractivity contribution in [3.05, 3.63) is 71.0 Å². The number of alkyl halides is 3. The molecule has 0 aromatic heterocycles. The summed E-state index contributed by atoms with van der Waals surface area (Å²) in [6, 6.07) is 10.1. The normalized spacial score (nSPS) is 11.8. The second kappa shape index (κ2) is 9.72. The summed E-state index contributed by atoms with van der Waals surface area (Å²) in [5.41, 5.74) is 0.0825. The highest BCUT2D eigenvalue weighted by Gasteiger charge is 2.30. The monoisotopic (exact) mass is 396 g/mol. The molecule has 0 aliphatic rings. The van der Waals surface area contributed by atoms with E-state index in [0.717, 1.165) is 29.8 Å². The maximum Gasteiger partial charge on any atom is 0.416 e. The second-order valence-electron chi connectivity index (χ2n) is 5.81. The van der Waals surface area contributed by atoms with Gasteiger partial charge >= 0.3 is 6.18 Å². The molecule has 0 aliphatic heterocycles. The molecule has 9 heteroatoms. The number of amides is 1. The van der Waals surface area contributed by atoms with E-state index in [9.17, 15) is 22.4 Å². The molecule has 150 valence electrons. The van der Waals surface area contributed by atoms with E-state index >= 15 is 0 Å². The molecule has 0 radical (unpaired) electrons. The van der Waals surface area contributed by atoms with Gasteiger partial charge in [0, 0.05) is 32.2 Å². The summed E-state index contributed by atoms with van der Waals surface area (Å²) < 4.78 is 50.7. The number of rotatable bonds is 6. The molecular formula is C19H20F4N4O. The Morgan fingerprint density at radius 2 is 1.68 bits per heavy atom. The molecule has 0 atom stereocenters. The molecule has 3 N–H and O–H groups in total. The second-order valence-corrected chi connectivity index (χ2v) is 5.81. The van der Waals surface area contributed by atoms with Crippen LogP contribution in [0.3, 0.4) is 0 Å². The van der Waals surface area contributed by atoms with Gasteiger partial charge in [0.2, 0.25) is 0 Å². The van der Waals surface area contributed by atoms with Crippen molar-refractivity contribution in [2.24, 2.45) is 4.99 Å². The summed E-state index contributed by atoms with van der Waals surface area (Å²) in [7, 11) is 1.57. The van der Waals surface area contributed by atoms with Gasteiger partial charge in [-0.2, -0.15) is 13.2 Å². The molecule has 2 aromatic carbocycles. The summed E-state index contributed by atoms with van der Waals surface area (Å²) in [5.74, 6) is -0.334. The predicted molar refractivity (Wildman–Crippen MR) is 98.4 cm³/mol. The number of halogens is 4. The molecule has 2 rings (SSSR count). The first kappa shape index (κ1) is 21.2. The summed E-state index contributed by atoms with van der Waals surface area (Å²) in [4.78, 5) is 16.0. The van der Waals surface area contributed by atoms with Crippen LogP contribution in [0.15, 0.2) is 53.5 Å². The van der Waals surface area contributed by atoms with Crippen molar-refractivity contribution in [3.63, 3.8) is 0 Å². The smallest absolute Gasteiger partial charge is 0.355 e. The van der Waals surface area contributed by atoms with Crippen LogP contribution in [-0.4, -0.2) is 32.0 Å². The van der Waals surface area contributed by atoms with E-state index in [1.807, 2.05) is 0 Å². The van der Waals surface area contributed by atoms with Gasteiger partial charge in [-0.25, -0.2) is 4.39 Å². The fourth-order valence-corrected chi connectivity index (χ4v) is 2.32. The molecule has 0 saturated carbocycles. The molecule has 0 unspecified atom stereocenters. The molecule has 0 bridgehead atoms. The van der Waals surface area contributed by atoms with Crippen molar-refractivity contribution in [3.8, 4) is 0 Å². The number of carbonyl (C=O) groups is 1. The maximum atomic E-state index is 13.1. The molecule has 2 aromatic rings. The predicted octanol–water partition coefficient (Wildman–Crippen LogP) is 2.94. The van der Waals surface area contributed by atoms with Crippen LogP contribution in [0.1, 0.15) is 21.5 Å². The maximum absolute atomic E-state index is 13.1. The van der Waals surface area contributed by atoms with Gasteiger partial charge in [-0.15, -0.1) is 0 Å². The number of guanidine groups is 1. The third-order valence-corrected chi connectivity index (χ3v) is 3.75. The van der Waals surface area contributed by atoms with Crippen LogP contribution in [-0.2, 0) is 12.7 Å². The van der Waals surface area contributed by atoms with E-state index in [0.29, 0.717) is 19.0 Å². The van der Waals surface area contributed by atoms with Crippen molar-refractivity contribution in [2.75, 3.05) is 20.1 Å². The highest BCUT2D eigenvalue weighted by atomic mass is 19.4. The van der Waals surface area contributed by atoms with E-state index in [1.54, 1.807) is 19.2 Å². The van der Waals surface area contributed by atoms with Crippen molar-refractivity contribution < 1.29 is 22.4 Å². The van der Waals surface area contributed by atoms with Crippen LogP contribution in [0.25, 0.3) is 0 Å². The summed E-state index contributed by atoms with van der Waals surface area (Å²) in [6.07, 6.45) is -4.44. The largest absolute Gasteiger partial charge is 0.416 e. The van der Waals surface area contributed by atoms with Crippen molar-refractivity contribution in [1.82, 2.24) is 16.0 Å². The van der Waals surface area contributed by atoms with E-state index in [2.05, 4.69) is 20.9 Å². The van der Waals surface area contributed by atoms with E-state index in [-0.39, 0.29) is 17.9 Å². The number of benzene rings is 2. The minimum Gasteiger partial charge on any atom is -0.355 e. The SMILES string of the molecule is CN=C(NCCNC(=O)c1ccc(C(F)(F)F)cc1)NCc1cccc(F)c1. The molecule has 1 amide bonds. The Hall–Kier alpha value is -3.10. The zero-order chi connectivity index (χ0) is 20.6. The minimum atomic E-state index is -4.44. The Morgan fingerprint density at radius 1 is 1.00 bits per heavy atom. The molecule has 0 spiro atoms. The van der Waals surface area contributed by atoms with Gasteiger partial charge in [0.05, 0.1) is 5.56 Å². The molecule has 0 heterocycles. The van der Waals surface area contributed by atoms with E-state index in [4.69, 9.17) is 0 Å². The third kappa shape index (κ3) is 6.57. The number of hydrogen-bond acceptors (Lipinski definition) is 2. The zero-order valence-corrected chi connectivity index (χ0v) is 15.1. The minimum absolute atomic E-state index is 0.140. The van der Waals surface area contributed by atoms with Crippen LogP contribution >= 0.6 is 0 Å². The van der Waals surface area contributed by atoms with Gasteiger partial charge in [0.15, 0.2) is 5.96 Å². The highest BCUT2D eigenvalue weighted by molar-refractivity contribution is 5.94. The quantitative estimate of drug-likeness (QED) is 0.305. The number of hydrogen-bond donors (Lipinski definition) is 3. The molecule has 0 saturated heterocycles. The first-order valence-corrected chi connectivity index (χ1v) is 8.44. The zero-order valence-electron chi connectivity index (χ0n) is 15.1. The number of nitrogens with zero attached hydrogens (tertiary/aromatic N) is 1. The van der Waals surface area contributed by atoms with Gasteiger partial charge in [0.25, 0.3) is 5.91 Å². The lowest BCUT2D eigenvalue weighted by Crippen LogP contribution is -2.41. The fraction of sp³-hybridized carbons (Fsp3) is 0.263. The topological polar surface area (TPSA) is 65.5 Å². The van der Waals surface area contributed by atoms with E-state index < -0.39 is 17.6 Å². The number of nitrogens with one attached hydrogen (secondary N) is 3. The average Bonchev–Trinajstić information content (AvgIpc) is 2.66. The van der Waals surface area contributed by atoms with Gasteiger partial charge in [-0.05, 0) is 42.0 Å². The van der Waals surface area contributed by atoms with Gasteiger partial charge < -0.3 is 16.0 Å². The Labute approximate surface area is 159 Å². The van der Waals surface area contributed by atoms with Crippen molar-refractivity contribution in [1.29, 1.82) is 0 Å². The van der Waals surface area contributed by atoms with Crippen LogP contribution in [0.5, 0.6) is 0 Å². The summed E-state index contributed by atoms with van der Waals surface area (Å²) >= 11 is 0. The Bertz CT molecular complexity index is 819. The first-order valence-electron chi connectivity index (χ1n) is 8.44. The summed E-state index contributed by atoms with van der Waals surface area (Å²) in [5, 5.41) is 8.58. The lowest BCUT2D eigenvalue weighted by atomic mass is 10.1. The lowest BCUT2D eigenvalue weighted by molar-refractivity contribution is -0.137. The molecular weight excluding hydrogens is 376 g/mol. The fourth-order valence-electron chi connectivity index (χ4n) is 2.32. The Morgan fingerprint density at radius 3 is 2.29 bits per heavy atom. The Balaban J connectivity index is 1.74. The van der Waals surface area contributed by atoms with E-state index in [1.165, 1.54) is 12.1 Å². The van der Waals surface area contributed by atoms with Crippen LogP contribution in [0.2, 0.25) is 0 Å². The Kier molecular flexibility index (Phi) is 7.36. The van der Waals surface area contributed by atoms with Gasteiger partial charge in [-0.3, -0.25) is 9.79 Å². The average molecular weight is 396 g/mol. The molecule has 5 nitrogen and oxygen atoms in total. The summed E-state index contributed by atoms with van der Waals surface area (Å²) in [6.45, 7) is 0.949. The molecule has 28 heavy (non-hydrogen) atoms. The van der Waals surface area contributed by atoms with Gasteiger partial charge in [0.1, 0.15) is 5.82 Å². The number of aliphatic imine (C=N–C) groups is 1. The first-order chi connectivity index (χ1) is 13.3.